The van der Waals surface area contributed by atoms with E-state index in [0.717, 1.165) is 23.7 Å². The van der Waals surface area contributed by atoms with Gasteiger partial charge in [0.25, 0.3) is 0 Å². The number of nitrogens with one attached hydrogen (secondary N) is 1. The zero-order valence-electron chi connectivity index (χ0n) is 11.8. The Kier molecular flexibility index (Phi) is 6.41. The molecule has 1 fully saturated rings. The van der Waals surface area contributed by atoms with Gasteiger partial charge in [0.05, 0.1) is 0 Å². The minimum absolute atomic E-state index is 0.786. The fraction of sp³-hybridized carbons (Fsp3) is 1.00. The molecule has 0 spiro atoms. The summed E-state index contributed by atoms with van der Waals surface area (Å²) in [5.74, 6) is 3.69. The molecular weight excluding hydrogens is 194 g/mol. The van der Waals surface area contributed by atoms with Gasteiger partial charge in [0.2, 0.25) is 0 Å². The highest BCUT2D eigenvalue weighted by molar-refractivity contribution is 4.80. The smallest absolute Gasteiger partial charge is 0.00178 e. The summed E-state index contributed by atoms with van der Waals surface area (Å²) < 4.78 is 0. The van der Waals surface area contributed by atoms with E-state index < -0.39 is 0 Å². The summed E-state index contributed by atoms with van der Waals surface area (Å²) in [6, 6.07) is 0. The quantitative estimate of drug-likeness (QED) is 0.688. The molecule has 1 aliphatic carbocycles. The summed E-state index contributed by atoms with van der Waals surface area (Å²) in [5.41, 5.74) is 0. The van der Waals surface area contributed by atoms with E-state index in [4.69, 9.17) is 0 Å². The van der Waals surface area contributed by atoms with Crippen LogP contribution >= 0.6 is 0 Å². The highest BCUT2D eigenvalue weighted by Crippen LogP contribution is 2.36. The molecule has 1 heteroatoms. The van der Waals surface area contributed by atoms with Crippen molar-refractivity contribution < 1.29 is 0 Å². The molecule has 0 bridgehead atoms. The molecule has 3 unspecified atom stereocenters. The first-order valence-corrected chi connectivity index (χ1v) is 7.34. The largest absolute Gasteiger partial charge is 0.316 e. The second-order valence-corrected chi connectivity index (χ2v) is 6.25. The lowest BCUT2D eigenvalue weighted by molar-refractivity contribution is 0.296. The fourth-order valence-corrected chi connectivity index (χ4v) is 2.93. The van der Waals surface area contributed by atoms with Gasteiger partial charge in [-0.25, -0.2) is 0 Å². The Morgan fingerprint density at radius 3 is 2.44 bits per heavy atom. The van der Waals surface area contributed by atoms with E-state index in [1.54, 1.807) is 0 Å². The van der Waals surface area contributed by atoms with Gasteiger partial charge in [-0.1, -0.05) is 47.0 Å². The van der Waals surface area contributed by atoms with Crippen LogP contribution in [0.15, 0.2) is 0 Å². The number of hydrogen-bond acceptors (Lipinski definition) is 1. The van der Waals surface area contributed by atoms with Crippen molar-refractivity contribution in [3.05, 3.63) is 0 Å². The molecule has 0 saturated heterocycles. The Bertz CT molecular complexity index is 176. The lowest BCUT2D eigenvalue weighted by atomic mass is 9.86. The Morgan fingerprint density at radius 1 is 1.12 bits per heavy atom. The minimum atomic E-state index is 0.786. The van der Waals surface area contributed by atoms with Crippen LogP contribution in [0.2, 0.25) is 0 Å². The van der Waals surface area contributed by atoms with Crippen LogP contribution in [0.1, 0.15) is 59.8 Å². The van der Waals surface area contributed by atoms with E-state index in [2.05, 4.69) is 33.0 Å². The lowest BCUT2D eigenvalue weighted by Crippen LogP contribution is -2.28. The molecule has 0 heterocycles. The molecule has 1 N–H and O–H groups in total. The van der Waals surface area contributed by atoms with Crippen molar-refractivity contribution in [1.29, 1.82) is 0 Å². The van der Waals surface area contributed by atoms with Crippen LogP contribution < -0.4 is 5.32 Å². The van der Waals surface area contributed by atoms with Crippen molar-refractivity contribution in [1.82, 2.24) is 5.32 Å². The third-order valence-corrected chi connectivity index (χ3v) is 4.18. The molecule has 0 aromatic rings. The van der Waals surface area contributed by atoms with E-state index in [9.17, 15) is 0 Å². The van der Waals surface area contributed by atoms with Gasteiger partial charge in [0.15, 0.2) is 0 Å². The van der Waals surface area contributed by atoms with E-state index in [1.165, 1.54) is 45.2 Å². The maximum atomic E-state index is 3.65. The Balaban J connectivity index is 2.23. The third-order valence-electron chi connectivity index (χ3n) is 4.18. The molecule has 0 aliphatic heterocycles. The molecule has 0 amide bonds. The summed E-state index contributed by atoms with van der Waals surface area (Å²) in [6.45, 7) is 11.8. The van der Waals surface area contributed by atoms with Gasteiger partial charge in [-0.05, 0) is 49.6 Å². The van der Waals surface area contributed by atoms with Gasteiger partial charge in [0.1, 0.15) is 0 Å². The number of rotatable bonds is 7. The molecule has 16 heavy (non-hydrogen) atoms. The highest BCUT2D eigenvalue weighted by Gasteiger charge is 2.27. The van der Waals surface area contributed by atoms with Gasteiger partial charge in [0, 0.05) is 0 Å². The second-order valence-electron chi connectivity index (χ2n) is 6.25. The number of hydrogen-bond donors (Lipinski definition) is 1. The minimum Gasteiger partial charge on any atom is -0.316 e. The van der Waals surface area contributed by atoms with E-state index in [1.807, 2.05) is 0 Å². The fourth-order valence-electron chi connectivity index (χ4n) is 2.93. The summed E-state index contributed by atoms with van der Waals surface area (Å²) in [4.78, 5) is 0. The monoisotopic (exact) mass is 225 g/mol. The maximum absolute atomic E-state index is 3.65. The highest BCUT2D eigenvalue weighted by atomic mass is 14.9. The first-order chi connectivity index (χ1) is 7.63. The molecule has 3 atom stereocenters. The summed E-state index contributed by atoms with van der Waals surface area (Å²) in [5, 5.41) is 3.65. The summed E-state index contributed by atoms with van der Waals surface area (Å²) in [6.07, 6.45) is 7.23. The van der Waals surface area contributed by atoms with Crippen LogP contribution in [0.4, 0.5) is 0 Å². The first kappa shape index (κ1) is 14.0. The second kappa shape index (κ2) is 7.32. The van der Waals surface area contributed by atoms with Crippen LogP contribution in [-0.2, 0) is 0 Å². The first-order valence-electron chi connectivity index (χ1n) is 7.34. The Morgan fingerprint density at radius 2 is 1.81 bits per heavy atom. The van der Waals surface area contributed by atoms with Gasteiger partial charge in [-0.2, -0.15) is 0 Å². The van der Waals surface area contributed by atoms with Crippen molar-refractivity contribution in [3.63, 3.8) is 0 Å². The zero-order chi connectivity index (χ0) is 12.0. The maximum Gasteiger partial charge on any atom is -0.00178 e. The normalized spacial score (nSPS) is 27.6. The molecule has 96 valence electrons. The van der Waals surface area contributed by atoms with E-state index in [0.29, 0.717) is 0 Å². The summed E-state index contributed by atoms with van der Waals surface area (Å²) in [7, 11) is 0. The van der Waals surface area contributed by atoms with E-state index in [-0.39, 0.29) is 0 Å². The van der Waals surface area contributed by atoms with Gasteiger partial charge in [-0.15, -0.1) is 0 Å². The molecule has 1 nitrogen and oxygen atoms in total. The third kappa shape index (κ3) is 4.86. The van der Waals surface area contributed by atoms with Crippen LogP contribution in [-0.4, -0.2) is 13.1 Å². The molecule has 0 aromatic heterocycles. The van der Waals surface area contributed by atoms with Crippen molar-refractivity contribution in [3.8, 4) is 0 Å². The van der Waals surface area contributed by atoms with Crippen molar-refractivity contribution in [2.24, 2.45) is 23.7 Å². The molecule has 1 saturated carbocycles. The van der Waals surface area contributed by atoms with Gasteiger partial charge < -0.3 is 5.32 Å². The molecule has 0 aromatic carbocycles. The standard InChI is InChI=1S/C15H31N/c1-5-13(4)9-14-7-6-8-15(14)11-16-10-12(2)3/h12-16H,5-11H2,1-4H3. The Labute approximate surface area is 102 Å². The SMILES string of the molecule is CCC(C)CC1CCCC1CNCC(C)C. The average Bonchev–Trinajstić information content (AvgIpc) is 2.65. The zero-order valence-corrected chi connectivity index (χ0v) is 11.8. The van der Waals surface area contributed by atoms with Crippen molar-refractivity contribution in [2.75, 3.05) is 13.1 Å². The topological polar surface area (TPSA) is 12.0 Å². The molecule has 1 aliphatic rings. The molecule has 1 rings (SSSR count). The average molecular weight is 225 g/mol. The van der Waals surface area contributed by atoms with Gasteiger partial charge in [-0.3, -0.25) is 0 Å². The summed E-state index contributed by atoms with van der Waals surface area (Å²) >= 11 is 0. The predicted octanol–water partition coefficient (Wildman–Crippen LogP) is 4.08. The van der Waals surface area contributed by atoms with Crippen LogP contribution in [0.3, 0.4) is 0 Å². The predicted molar refractivity (Wildman–Crippen MR) is 72.6 cm³/mol. The van der Waals surface area contributed by atoms with Crippen LogP contribution in [0, 0.1) is 23.7 Å². The van der Waals surface area contributed by atoms with Gasteiger partial charge >= 0.3 is 0 Å². The Hall–Kier alpha value is -0.0400. The van der Waals surface area contributed by atoms with Crippen LogP contribution in [0.25, 0.3) is 0 Å². The van der Waals surface area contributed by atoms with Crippen molar-refractivity contribution in [2.45, 2.75) is 59.8 Å². The molecule has 0 radical (unpaired) electrons. The van der Waals surface area contributed by atoms with Crippen molar-refractivity contribution >= 4 is 0 Å². The van der Waals surface area contributed by atoms with Crippen LogP contribution in [0.5, 0.6) is 0 Å². The van der Waals surface area contributed by atoms with E-state index >= 15 is 0 Å². The molecular formula is C15H31N. The lowest BCUT2D eigenvalue weighted by Gasteiger charge is -2.23.